The van der Waals surface area contributed by atoms with Crippen LogP contribution in [0.1, 0.15) is 31.9 Å². The standard InChI is InChI=1S/C23H25NO5S/c1-23(2)14-21(20-10-8-18(28-4)13-22(20)29-23)24-30(25,26)19-9-6-15-11-17(27-3)7-5-16(15)12-19/h5-13,21,24H,14H2,1-4H3/t21-/m0/s1. The maximum absolute atomic E-state index is 13.2. The molecule has 0 aromatic heterocycles. The van der Waals surface area contributed by atoms with Gasteiger partial charge in [0.25, 0.3) is 0 Å². The van der Waals surface area contributed by atoms with Crippen molar-refractivity contribution in [2.45, 2.75) is 36.8 Å². The fraction of sp³-hybridized carbons (Fsp3) is 0.304. The highest BCUT2D eigenvalue weighted by Crippen LogP contribution is 2.42. The van der Waals surface area contributed by atoms with Gasteiger partial charge in [-0.05, 0) is 55.0 Å². The van der Waals surface area contributed by atoms with Gasteiger partial charge in [0.05, 0.1) is 25.2 Å². The lowest BCUT2D eigenvalue weighted by Crippen LogP contribution is -2.41. The first kappa shape index (κ1) is 20.5. The van der Waals surface area contributed by atoms with E-state index in [9.17, 15) is 8.42 Å². The van der Waals surface area contributed by atoms with E-state index >= 15 is 0 Å². The molecule has 1 aliphatic heterocycles. The first-order chi connectivity index (χ1) is 14.2. The summed E-state index contributed by atoms with van der Waals surface area (Å²) in [6.45, 7) is 3.89. The van der Waals surface area contributed by atoms with Gasteiger partial charge in [-0.1, -0.05) is 18.2 Å². The van der Waals surface area contributed by atoms with Crippen LogP contribution in [0.15, 0.2) is 59.5 Å². The average Bonchev–Trinajstić information content (AvgIpc) is 2.71. The third kappa shape index (κ3) is 3.95. The van der Waals surface area contributed by atoms with Crippen LogP contribution in [0.5, 0.6) is 17.2 Å². The molecule has 30 heavy (non-hydrogen) atoms. The summed E-state index contributed by atoms with van der Waals surface area (Å²) in [4.78, 5) is 0.222. The molecule has 0 spiro atoms. The zero-order valence-corrected chi connectivity index (χ0v) is 18.2. The van der Waals surface area contributed by atoms with Gasteiger partial charge in [0, 0.05) is 18.1 Å². The van der Waals surface area contributed by atoms with Gasteiger partial charge in [-0.25, -0.2) is 13.1 Å². The molecule has 158 valence electrons. The van der Waals surface area contributed by atoms with Crippen molar-refractivity contribution in [3.8, 4) is 17.2 Å². The Balaban J connectivity index is 1.68. The average molecular weight is 428 g/mol. The van der Waals surface area contributed by atoms with Gasteiger partial charge >= 0.3 is 0 Å². The Morgan fingerprint density at radius 2 is 1.57 bits per heavy atom. The van der Waals surface area contributed by atoms with E-state index in [-0.39, 0.29) is 4.90 Å². The molecule has 3 aromatic carbocycles. The fourth-order valence-corrected chi connectivity index (χ4v) is 5.07. The van der Waals surface area contributed by atoms with Crippen molar-refractivity contribution in [3.63, 3.8) is 0 Å². The predicted molar refractivity (Wildman–Crippen MR) is 116 cm³/mol. The number of nitrogens with one attached hydrogen (secondary N) is 1. The zero-order valence-electron chi connectivity index (χ0n) is 17.4. The molecule has 1 N–H and O–H groups in total. The molecule has 7 heteroatoms. The molecule has 0 aliphatic carbocycles. The smallest absolute Gasteiger partial charge is 0.241 e. The largest absolute Gasteiger partial charge is 0.497 e. The van der Waals surface area contributed by atoms with Crippen LogP contribution in [0, 0.1) is 0 Å². The van der Waals surface area contributed by atoms with Crippen LogP contribution in [0.2, 0.25) is 0 Å². The Morgan fingerprint density at radius 1 is 0.933 bits per heavy atom. The Bertz CT molecular complexity index is 1200. The van der Waals surface area contributed by atoms with Crippen molar-refractivity contribution in [2.75, 3.05) is 14.2 Å². The highest BCUT2D eigenvalue weighted by atomic mass is 32.2. The van der Waals surface area contributed by atoms with E-state index in [0.29, 0.717) is 17.9 Å². The topological polar surface area (TPSA) is 73.9 Å². The van der Waals surface area contributed by atoms with E-state index in [1.165, 1.54) is 0 Å². The van der Waals surface area contributed by atoms with Gasteiger partial charge in [0.15, 0.2) is 0 Å². The van der Waals surface area contributed by atoms with Gasteiger partial charge < -0.3 is 14.2 Å². The number of sulfonamides is 1. The molecule has 0 fully saturated rings. The van der Waals surface area contributed by atoms with Crippen molar-refractivity contribution in [3.05, 3.63) is 60.2 Å². The Hall–Kier alpha value is -2.77. The first-order valence-corrected chi connectivity index (χ1v) is 11.2. The lowest BCUT2D eigenvalue weighted by atomic mass is 9.90. The zero-order chi connectivity index (χ0) is 21.5. The molecule has 1 atom stereocenters. The molecule has 1 aliphatic rings. The Labute approximate surface area is 176 Å². The molecule has 0 bridgehead atoms. The monoisotopic (exact) mass is 427 g/mol. The van der Waals surface area contributed by atoms with E-state index in [1.54, 1.807) is 38.5 Å². The van der Waals surface area contributed by atoms with Crippen LogP contribution >= 0.6 is 0 Å². The number of methoxy groups -OCH3 is 2. The normalized spacial score (nSPS) is 17.8. The second-order valence-corrected chi connectivity index (χ2v) is 9.73. The molecule has 0 saturated heterocycles. The van der Waals surface area contributed by atoms with Crippen molar-refractivity contribution < 1.29 is 22.6 Å². The quantitative estimate of drug-likeness (QED) is 0.652. The van der Waals surface area contributed by atoms with Crippen LogP contribution in [-0.2, 0) is 10.0 Å². The summed E-state index contributed by atoms with van der Waals surface area (Å²) in [7, 11) is -0.551. The summed E-state index contributed by atoms with van der Waals surface area (Å²) in [6.07, 6.45) is 0.510. The van der Waals surface area contributed by atoms with E-state index in [1.807, 2.05) is 44.2 Å². The lowest BCUT2D eigenvalue weighted by molar-refractivity contribution is 0.0699. The van der Waals surface area contributed by atoms with E-state index in [2.05, 4.69) is 4.72 Å². The number of hydrogen-bond donors (Lipinski definition) is 1. The van der Waals surface area contributed by atoms with Crippen LogP contribution < -0.4 is 18.9 Å². The number of hydrogen-bond acceptors (Lipinski definition) is 5. The van der Waals surface area contributed by atoms with Crippen molar-refractivity contribution in [1.82, 2.24) is 4.72 Å². The molecular weight excluding hydrogens is 402 g/mol. The lowest BCUT2D eigenvalue weighted by Gasteiger charge is -2.37. The molecule has 0 unspecified atom stereocenters. The van der Waals surface area contributed by atoms with Crippen molar-refractivity contribution in [1.29, 1.82) is 0 Å². The van der Waals surface area contributed by atoms with Crippen LogP contribution in [-0.4, -0.2) is 28.2 Å². The summed E-state index contributed by atoms with van der Waals surface area (Å²) in [6, 6.07) is 15.7. The van der Waals surface area contributed by atoms with Crippen molar-refractivity contribution >= 4 is 20.8 Å². The van der Waals surface area contributed by atoms with Gasteiger partial charge in [0.1, 0.15) is 22.8 Å². The Morgan fingerprint density at radius 3 is 2.30 bits per heavy atom. The van der Waals surface area contributed by atoms with Crippen LogP contribution in [0.3, 0.4) is 0 Å². The second-order valence-electron chi connectivity index (χ2n) is 8.02. The minimum Gasteiger partial charge on any atom is -0.497 e. The van der Waals surface area contributed by atoms with E-state index < -0.39 is 21.7 Å². The third-order valence-electron chi connectivity index (χ3n) is 5.30. The van der Waals surface area contributed by atoms with Gasteiger partial charge in [-0.3, -0.25) is 0 Å². The highest BCUT2D eigenvalue weighted by molar-refractivity contribution is 7.89. The number of fused-ring (bicyclic) bond motifs is 2. The van der Waals surface area contributed by atoms with Crippen LogP contribution in [0.4, 0.5) is 0 Å². The summed E-state index contributed by atoms with van der Waals surface area (Å²) < 4.78 is 45.9. The van der Waals surface area contributed by atoms with E-state index in [4.69, 9.17) is 14.2 Å². The SMILES string of the molecule is COc1ccc2c(c1)OC(C)(C)C[C@@H]2NS(=O)(=O)c1ccc2cc(OC)ccc2c1. The third-order valence-corrected chi connectivity index (χ3v) is 6.77. The number of ether oxygens (including phenoxy) is 3. The minimum absolute atomic E-state index is 0.222. The molecule has 3 aromatic rings. The fourth-order valence-electron chi connectivity index (χ4n) is 3.82. The summed E-state index contributed by atoms with van der Waals surface area (Å²) in [5, 5.41) is 1.74. The molecule has 0 saturated carbocycles. The minimum atomic E-state index is -3.74. The molecule has 4 rings (SSSR count). The molecule has 1 heterocycles. The summed E-state index contributed by atoms with van der Waals surface area (Å²) in [5.41, 5.74) is 0.274. The summed E-state index contributed by atoms with van der Waals surface area (Å²) >= 11 is 0. The molecular formula is C23H25NO5S. The van der Waals surface area contributed by atoms with E-state index in [0.717, 1.165) is 22.1 Å². The maximum Gasteiger partial charge on any atom is 0.241 e. The number of rotatable bonds is 5. The Kier molecular flexibility index (Phi) is 5.11. The first-order valence-electron chi connectivity index (χ1n) is 9.68. The number of benzene rings is 3. The summed E-state index contributed by atoms with van der Waals surface area (Å²) in [5.74, 6) is 2.02. The highest BCUT2D eigenvalue weighted by Gasteiger charge is 2.36. The second kappa shape index (κ2) is 7.49. The van der Waals surface area contributed by atoms with Crippen molar-refractivity contribution in [2.24, 2.45) is 0 Å². The molecule has 0 amide bonds. The van der Waals surface area contributed by atoms with Gasteiger partial charge in [-0.15, -0.1) is 0 Å². The molecule has 0 radical (unpaired) electrons. The predicted octanol–water partition coefficient (Wildman–Crippen LogP) is 4.44. The molecule has 6 nitrogen and oxygen atoms in total. The maximum atomic E-state index is 13.2. The van der Waals surface area contributed by atoms with Crippen LogP contribution in [0.25, 0.3) is 10.8 Å². The van der Waals surface area contributed by atoms with Gasteiger partial charge in [0.2, 0.25) is 10.0 Å². The van der Waals surface area contributed by atoms with Gasteiger partial charge in [-0.2, -0.15) is 0 Å².